The average Bonchev–Trinajstić information content (AvgIpc) is 3.26. The SMILES string of the molecule is Cc1ccccc1CNC(=O)[C@H]1N(C(=O)[C@@H](O)[C@H](Cc2ccccc2)NC(=O)c2ccc(F)cc2C)CSC1(C)C. The summed E-state index contributed by atoms with van der Waals surface area (Å²) in [5, 5.41) is 17.2. The lowest BCUT2D eigenvalue weighted by atomic mass is 9.96. The molecule has 0 saturated carbocycles. The van der Waals surface area contributed by atoms with E-state index in [4.69, 9.17) is 0 Å². The van der Waals surface area contributed by atoms with Gasteiger partial charge in [0.1, 0.15) is 11.9 Å². The van der Waals surface area contributed by atoms with Crippen molar-refractivity contribution in [2.75, 3.05) is 5.88 Å². The number of halogens is 1. The van der Waals surface area contributed by atoms with Gasteiger partial charge in [0.15, 0.2) is 6.10 Å². The quantitative estimate of drug-likeness (QED) is 0.355. The van der Waals surface area contributed by atoms with Crippen LogP contribution in [0.4, 0.5) is 4.39 Å². The molecule has 3 amide bonds. The maximum absolute atomic E-state index is 13.8. The third-order valence-corrected chi connectivity index (χ3v) is 8.85. The normalized spacial score (nSPS) is 17.5. The van der Waals surface area contributed by atoms with Crippen molar-refractivity contribution in [2.45, 2.75) is 63.6 Å². The summed E-state index contributed by atoms with van der Waals surface area (Å²) in [5.74, 6) is -1.73. The van der Waals surface area contributed by atoms with E-state index in [0.29, 0.717) is 12.1 Å². The molecular weight excluding hydrogens is 541 g/mol. The number of rotatable bonds is 9. The van der Waals surface area contributed by atoms with Crippen molar-refractivity contribution in [1.29, 1.82) is 0 Å². The summed E-state index contributed by atoms with van der Waals surface area (Å²) < 4.78 is 13.0. The van der Waals surface area contributed by atoms with Gasteiger partial charge in [-0.05, 0) is 74.6 Å². The van der Waals surface area contributed by atoms with Gasteiger partial charge in [-0.15, -0.1) is 11.8 Å². The van der Waals surface area contributed by atoms with Gasteiger partial charge >= 0.3 is 0 Å². The van der Waals surface area contributed by atoms with Crippen LogP contribution in [-0.2, 0) is 22.6 Å². The fourth-order valence-corrected chi connectivity index (χ4v) is 6.22. The molecule has 0 aromatic heterocycles. The predicted molar refractivity (Wildman–Crippen MR) is 159 cm³/mol. The Balaban J connectivity index is 1.55. The van der Waals surface area contributed by atoms with Crippen LogP contribution in [0, 0.1) is 19.7 Å². The number of nitrogens with one attached hydrogen (secondary N) is 2. The lowest BCUT2D eigenvalue weighted by Crippen LogP contribution is -2.58. The average molecular weight is 578 g/mol. The molecule has 216 valence electrons. The zero-order chi connectivity index (χ0) is 29.7. The maximum Gasteiger partial charge on any atom is 0.254 e. The summed E-state index contributed by atoms with van der Waals surface area (Å²) in [6.45, 7) is 7.70. The van der Waals surface area contributed by atoms with E-state index in [1.807, 2.05) is 75.4 Å². The molecule has 3 aromatic carbocycles. The van der Waals surface area contributed by atoms with E-state index in [-0.39, 0.29) is 23.8 Å². The molecule has 3 atom stereocenters. The molecule has 1 aliphatic heterocycles. The van der Waals surface area contributed by atoms with E-state index in [1.54, 1.807) is 6.92 Å². The van der Waals surface area contributed by atoms with Crippen LogP contribution in [0.3, 0.4) is 0 Å². The smallest absolute Gasteiger partial charge is 0.254 e. The molecule has 0 unspecified atom stereocenters. The van der Waals surface area contributed by atoms with E-state index in [9.17, 15) is 23.9 Å². The first kappa shape index (κ1) is 30.3. The molecule has 4 rings (SSSR count). The summed E-state index contributed by atoms with van der Waals surface area (Å²) in [7, 11) is 0. The van der Waals surface area contributed by atoms with E-state index in [2.05, 4.69) is 10.6 Å². The third kappa shape index (κ3) is 7.15. The summed E-state index contributed by atoms with van der Waals surface area (Å²) in [4.78, 5) is 41.9. The highest BCUT2D eigenvalue weighted by atomic mass is 32.2. The first-order valence-electron chi connectivity index (χ1n) is 13.5. The van der Waals surface area contributed by atoms with Crippen LogP contribution in [0.2, 0.25) is 0 Å². The van der Waals surface area contributed by atoms with Crippen LogP contribution in [-0.4, -0.2) is 56.5 Å². The Labute approximate surface area is 244 Å². The van der Waals surface area contributed by atoms with Gasteiger partial charge in [-0.25, -0.2) is 4.39 Å². The van der Waals surface area contributed by atoms with E-state index in [0.717, 1.165) is 16.7 Å². The number of hydrogen-bond donors (Lipinski definition) is 3. The minimum Gasteiger partial charge on any atom is -0.381 e. The van der Waals surface area contributed by atoms with Gasteiger partial charge in [-0.2, -0.15) is 0 Å². The Morgan fingerprint density at radius 3 is 2.39 bits per heavy atom. The maximum atomic E-state index is 13.8. The Bertz CT molecular complexity index is 1420. The van der Waals surface area contributed by atoms with Crippen LogP contribution in [0.25, 0.3) is 0 Å². The highest BCUT2D eigenvalue weighted by molar-refractivity contribution is 8.00. The highest BCUT2D eigenvalue weighted by Crippen LogP contribution is 2.40. The molecule has 9 heteroatoms. The third-order valence-electron chi connectivity index (χ3n) is 7.47. The lowest BCUT2D eigenvalue weighted by Gasteiger charge is -2.33. The van der Waals surface area contributed by atoms with Crippen molar-refractivity contribution < 1.29 is 23.9 Å². The largest absolute Gasteiger partial charge is 0.381 e. The summed E-state index contributed by atoms with van der Waals surface area (Å²) in [6, 6.07) is 19.0. The van der Waals surface area contributed by atoms with Crippen molar-refractivity contribution in [1.82, 2.24) is 15.5 Å². The molecule has 0 radical (unpaired) electrons. The van der Waals surface area contributed by atoms with Crippen LogP contribution < -0.4 is 10.6 Å². The monoisotopic (exact) mass is 577 g/mol. The number of thioether (sulfide) groups is 1. The topological polar surface area (TPSA) is 98.7 Å². The number of carbonyl (C=O) groups excluding carboxylic acids is 3. The molecule has 41 heavy (non-hydrogen) atoms. The Morgan fingerprint density at radius 2 is 1.71 bits per heavy atom. The number of carbonyl (C=O) groups is 3. The molecule has 0 bridgehead atoms. The molecule has 7 nitrogen and oxygen atoms in total. The van der Waals surface area contributed by atoms with Gasteiger partial charge in [-0.3, -0.25) is 14.4 Å². The molecule has 0 spiro atoms. The molecule has 1 fully saturated rings. The number of aliphatic hydroxyl groups is 1. The van der Waals surface area contributed by atoms with Gasteiger partial charge < -0.3 is 20.6 Å². The van der Waals surface area contributed by atoms with E-state index in [1.165, 1.54) is 34.9 Å². The van der Waals surface area contributed by atoms with Gasteiger partial charge in [0, 0.05) is 16.9 Å². The van der Waals surface area contributed by atoms with Crippen molar-refractivity contribution in [3.05, 3.63) is 106 Å². The van der Waals surface area contributed by atoms with E-state index >= 15 is 0 Å². The summed E-state index contributed by atoms with van der Waals surface area (Å²) in [6.07, 6.45) is -1.45. The molecule has 3 N–H and O–H groups in total. The number of aryl methyl sites for hydroxylation is 2. The first-order valence-corrected chi connectivity index (χ1v) is 14.5. The van der Waals surface area contributed by atoms with Crippen LogP contribution in [0.5, 0.6) is 0 Å². The Morgan fingerprint density at radius 1 is 1.02 bits per heavy atom. The van der Waals surface area contributed by atoms with Gasteiger partial charge in [-0.1, -0.05) is 54.6 Å². The molecule has 1 aliphatic rings. The van der Waals surface area contributed by atoms with Crippen LogP contribution >= 0.6 is 11.8 Å². The summed E-state index contributed by atoms with van der Waals surface area (Å²) >= 11 is 1.45. The van der Waals surface area contributed by atoms with Crippen molar-refractivity contribution in [3.8, 4) is 0 Å². The number of amides is 3. The fraction of sp³-hybridized carbons (Fsp3) is 0.344. The number of nitrogens with zero attached hydrogens (tertiary/aromatic N) is 1. The van der Waals surface area contributed by atoms with Crippen molar-refractivity contribution >= 4 is 29.5 Å². The van der Waals surface area contributed by atoms with Crippen molar-refractivity contribution in [2.24, 2.45) is 0 Å². The van der Waals surface area contributed by atoms with Crippen LogP contribution in [0.15, 0.2) is 72.8 Å². The zero-order valence-corrected chi connectivity index (χ0v) is 24.5. The van der Waals surface area contributed by atoms with Crippen molar-refractivity contribution in [3.63, 3.8) is 0 Å². The minimum absolute atomic E-state index is 0.175. The Hall–Kier alpha value is -3.69. The highest BCUT2D eigenvalue weighted by Gasteiger charge is 2.49. The van der Waals surface area contributed by atoms with Gasteiger partial charge in [0.05, 0.1) is 11.9 Å². The number of benzene rings is 3. The van der Waals surface area contributed by atoms with Gasteiger partial charge in [0.25, 0.3) is 11.8 Å². The van der Waals surface area contributed by atoms with E-state index < -0.39 is 40.6 Å². The second-order valence-electron chi connectivity index (χ2n) is 10.9. The standard InChI is InChI=1S/C32H36FN3O4S/c1-20-10-8-9-13-23(20)18-34-30(39)28-32(3,4)41-19-36(28)31(40)27(37)26(17-22-11-6-5-7-12-22)35-29(38)25-15-14-24(33)16-21(25)2/h5-16,26-28,37H,17-19H2,1-4H3,(H,34,39)(H,35,38)/t26-,27-,28+/m0/s1. The first-order chi connectivity index (χ1) is 19.5. The fourth-order valence-electron chi connectivity index (χ4n) is 5.08. The minimum atomic E-state index is -1.62. The molecular formula is C32H36FN3O4S. The van der Waals surface area contributed by atoms with Crippen LogP contribution in [0.1, 0.15) is 46.5 Å². The number of aliphatic hydroxyl groups excluding tert-OH is 1. The second kappa shape index (κ2) is 12.9. The number of hydrogen-bond acceptors (Lipinski definition) is 5. The summed E-state index contributed by atoms with van der Waals surface area (Å²) in [5.41, 5.74) is 3.51. The zero-order valence-electron chi connectivity index (χ0n) is 23.7. The lowest BCUT2D eigenvalue weighted by molar-refractivity contribution is -0.147. The Kier molecular flexibility index (Phi) is 9.50. The molecule has 1 heterocycles. The molecule has 0 aliphatic carbocycles. The molecule has 1 saturated heterocycles. The van der Waals surface area contributed by atoms with Gasteiger partial charge in [0.2, 0.25) is 5.91 Å². The second-order valence-corrected chi connectivity index (χ2v) is 12.5. The predicted octanol–water partition coefficient (Wildman–Crippen LogP) is 4.14. The molecule has 3 aromatic rings.